The third-order valence-corrected chi connectivity index (χ3v) is 2.24. The molecule has 0 bridgehead atoms. The zero-order valence-electron chi connectivity index (χ0n) is 8.38. The van der Waals surface area contributed by atoms with Crippen LogP contribution in [-0.4, -0.2) is 38.1 Å². The molecule has 0 atom stereocenters. The lowest BCUT2D eigenvalue weighted by Gasteiger charge is -2.18. The fourth-order valence-corrected chi connectivity index (χ4v) is 1.47. The number of ether oxygens (including phenoxy) is 1. The van der Waals surface area contributed by atoms with Gasteiger partial charge in [0.2, 0.25) is 0 Å². The highest BCUT2D eigenvalue weighted by Gasteiger charge is 2.51. The predicted molar refractivity (Wildman–Crippen MR) is 51.4 cm³/mol. The Kier molecular flexibility index (Phi) is 3.09. The van der Waals surface area contributed by atoms with Crippen LogP contribution in [0.5, 0.6) is 0 Å². The van der Waals surface area contributed by atoms with Crippen LogP contribution in [0.3, 0.4) is 0 Å². The van der Waals surface area contributed by atoms with Gasteiger partial charge in [0.1, 0.15) is 6.61 Å². The Balaban J connectivity index is 2.40. The second-order valence-corrected chi connectivity index (χ2v) is 3.91. The van der Waals surface area contributed by atoms with Gasteiger partial charge in [0.15, 0.2) is 0 Å². The van der Waals surface area contributed by atoms with Gasteiger partial charge in [-0.1, -0.05) is 12.7 Å². The molecule has 0 saturated heterocycles. The molecule has 3 nitrogen and oxygen atoms in total. The molecule has 0 amide bonds. The topological polar surface area (TPSA) is 29.5 Å². The summed E-state index contributed by atoms with van der Waals surface area (Å²) in [6, 6.07) is 0. The maximum atomic E-state index is 11.5. The SMILES string of the molecule is C=CCOC(=O)C1(CN(C)C)CC1. The van der Waals surface area contributed by atoms with Gasteiger partial charge in [-0.15, -0.1) is 0 Å². The summed E-state index contributed by atoms with van der Waals surface area (Å²) < 4.78 is 5.04. The first kappa shape index (κ1) is 10.3. The minimum Gasteiger partial charge on any atom is -0.461 e. The van der Waals surface area contributed by atoms with Crippen LogP contribution in [0.25, 0.3) is 0 Å². The van der Waals surface area contributed by atoms with E-state index in [2.05, 4.69) is 6.58 Å². The number of nitrogens with zero attached hydrogens (tertiary/aromatic N) is 1. The monoisotopic (exact) mass is 183 g/mol. The summed E-state index contributed by atoms with van der Waals surface area (Å²) in [7, 11) is 3.95. The van der Waals surface area contributed by atoms with Crippen LogP contribution in [0.4, 0.5) is 0 Å². The molecule has 1 aliphatic carbocycles. The second-order valence-electron chi connectivity index (χ2n) is 3.91. The number of carbonyl (C=O) groups is 1. The normalized spacial score (nSPS) is 18.4. The van der Waals surface area contributed by atoms with Crippen molar-refractivity contribution >= 4 is 5.97 Å². The highest BCUT2D eigenvalue weighted by Crippen LogP contribution is 2.47. The van der Waals surface area contributed by atoms with Gasteiger partial charge in [0.05, 0.1) is 5.41 Å². The van der Waals surface area contributed by atoms with Crippen molar-refractivity contribution in [3.63, 3.8) is 0 Å². The van der Waals surface area contributed by atoms with Gasteiger partial charge in [-0.25, -0.2) is 0 Å². The Labute approximate surface area is 79.4 Å². The van der Waals surface area contributed by atoms with Crippen LogP contribution >= 0.6 is 0 Å². The van der Waals surface area contributed by atoms with Crippen molar-refractivity contribution in [2.45, 2.75) is 12.8 Å². The summed E-state index contributed by atoms with van der Waals surface area (Å²) in [6.07, 6.45) is 3.52. The minimum atomic E-state index is -0.202. The first-order valence-electron chi connectivity index (χ1n) is 4.53. The Morgan fingerprint density at radius 3 is 2.62 bits per heavy atom. The molecule has 0 radical (unpaired) electrons. The van der Waals surface area contributed by atoms with Gasteiger partial charge in [-0.2, -0.15) is 0 Å². The average Bonchev–Trinajstić information content (AvgIpc) is 2.80. The van der Waals surface area contributed by atoms with E-state index in [9.17, 15) is 4.79 Å². The lowest BCUT2D eigenvalue weighted by atomic mass is 10.1. The Bertz CT molecular complexity index is 207. The first-order valence-corrected chi connectivity index (χ1v) is 4.53. The van der Waals surface area contributed by atoms with E-state index in [1.54, 1.807) is 6.08 Å². The highest BCUT2D eigenvalue weighted by molar-refractivity contribution is 5.80. The zero-order chi connectivity index (χ0) is 9.90. The van der Waals surface area contributed by atoms with Crippen LogP contribution in [0.1, 0.15) is 12.8 Å². The lowest BCUT2D eigenvalue weighted by Crippen LogP contribution is -2.30. The molecule has 0 aromatic heterocycles. The molecule has 3 heteroatoms. The van der Waals surface area contributed by atoms with E-state index in [0.717, 1.165) is 19.4 Å². The number of hydrogen-bond acceptors (Lipinski definition) is 3. The number of rotatable bonds is 5. The predicted octanol–water partition coefficient (Wildman–Crippen LogP) is 1.06. The molecule has 1 fully saturated rings. The molecule has 0 spiro atoms. The van der Waals surface area contributed by atoms with Crippen LogP contribution in [0.15, 0.2) is 12.7 Å². The largest absolute Gasteiger partial charge is 0.461 e. The molecule has 0 aromatic rings. The van der Waals surface area contributed by atoms with Crippen LogP contribution in [0.2, 0.25) is 0 Å². The van der Waals surface area contributed by atoms with Gasteiger partial charge in [0.25, 0.3) is 0 Å². The maximum absolute atomic E-state index is 11.5. The molecule has 13 heavy (non-hydrogen) atoms. The molecule has 0 heterocycles. The summed E-state index contributed by atoms with van der Waals surface area (Å²) in [4.78, 5) is 13.6. The minimum absolute atomic E-state index is 0.0684. The highest BCUT2D eigenvalue weighted by atomic mass is 16.5. The second kappa shape index (κ2) is 3.92. The molecule has 0 N–H and O–H groups in total. The van der Waals surface area contributed by atoms with E-state index in [4.69, 9.17) is 4.74 Å². The van der Waals surface area contributed by atoms with Gasteiger partial charge < -0.3 is 9.64 Å². The van der Waals surface area contributed by atoms with Crippen molar-refractivity contribution in [3.8, 4) is 0 Å². The molecular weight excluding hydrogens is 166 g/mol. The summed E-state index contributed by atoms with van der Waals surface area (Å²) >= 11 is 0. The summed E-state index contributed by atoms with van der Waals surface area (Å²) in [5.41, 5.74) is -0.202. The fourth-order valence-electron chi connectivity index (χ4n) is 1.47. The molecule has 74 valence electrons. The fraction of sp³-hybridized carbons (Fsp3) is 0.700. The van der Waals surface area contributed by atoms with E-state index in [1.165, 1.54) is 0 Å². The Hall–Kier alpha value is -0.830. The van der Waals surface area contributed by atoms with Gasteiger partial charge in [-0.3, -0.25) is 4.79 Å². The van der Waals surface area contributed by atoms with Crippen LogP contribution < -0.4 is 0 Å². The maximum Gasteiger partial charge on any atom is 0.313 e. The molecule has 0 aromatic carbocycles. The van der Waals surface area contributed by atoms with Crippen molar-refractivity contribution in [1.29, 1.82) is 0 Å². The number of carbonyl (C=O) groups excluding carboxylic acids is 1. The van der Waals surface area contributed by atoms with Crippen LogP contribution in [0, 0.1) is 5.41 Å². The van der Waals surface area contributed by atoms with E-state index >= 15 is 0 Å². The van der Waals surface area contributed by atoms with Crippen molar-refractivity contribution in [3.05, 3.63) is 12.7 Å². The standard InChI is InChI=1S/C10H17NO2/c1-4-7-13-9(12)10(5-6-10)8-11(2)3/h4H,1,5-8H2,2-3H3. The third kappa shape index (κ3) is 2.56. The summed E-state index contributed by atoms with van der Waals surface area (Å²) in [5, 5.41) is 0. The number of hydrogen-bond donors (Lipinski definition) is 0. The Morgan fingerprint density at radius 2 is 2.23 bits per heavy atom. The van der Waals surface area contributed by atoms with E-state index in [1.807, 2.05) is 19.0 Å². The molecular formula is C10H17NO2. The Morgan fingerprint density at radius 1 is 1.62 bits per heavy atom. The summed E-state index contributed by atoms with van der Waals surface area (Å²) in [6.45, 7) is 4.63. The average molecular weight is 183 g/mol. The van der Waals surface area contributed by atoms with Crippen molar-refractivity contribution in [2.75, 3.05) is 27.2 Å². The molecule has 1 rings (SSSR count). The van der Waals surface area contributed by atoms with E-state index < -0.39 is 0 Å². The van der Waals surface area contributed by atoms with Crippen molar-refractivity contribution < 1.29 is 9.53 Å². The van der Waals surface area contributed by atoms with E-state index in [0.29, 0.717) is 6.61 Å². The third-order valence-electron chi connectivity index (χ3n) is 2.24. The van der Waals surface area contributed by atoms with E-state index in [-0.39, 0.29) is 11.4 Å². The quantitative estimate of drug-likeness (QED) is 0.471. The smallest absolute Gasteiger partial charge is 0.313 e. The van der Waals surface area contributed by atoms with Gasteiger partial charge in [-0.05, 0) is 26.9 Å². The van der Waals surface area contributed by atoms with Gasteiger partial charge in [0, 0.05) is 6.54 Å². The van der Waals surface area contributed by atoms with Crippen molar-refractivity contribution in [2.24, 2.45) is 5.41 Å². The summed E-state index contributed by atoms with van der Waals surface area (Å²) in [5.74, 6) is -0.0684. The lowest BCUT2D eigenvalue weighted by molar-refractivity contribution is -0.149. The number of esters is 1. The van der Waals surface area contributed by atoms with Crippen molar-refractivity contribution in [1.82, 2.24) is 4.90 Å². The van der Waals surface area contributed by atoms with Crippen LogP contribution in [-0.2, 0) is 9.53 Å². The molecule has 1 aliphatic rings. The molecule has 0 aliphatic heterocycles. The molecule has 1 saturated carbocycles. The van der Waals surface area contributed by atoms with Gasteiger partial charge >= 0.3 is 5.97 Å². The zero-order valence-corrected chi connectivity index (χ0v) is 8.38. The first-order chi connectivity index (χ1) is 6.10. The molecule has 0 unspecified atom stereocenters.